The fraction of sp³-hybridized carbons (Fsp3) is 0.789. The second-order valence-electron chi connectivity index (χ2n) is 8.29. The lowest BCUT2D eigenvalue weighted by Gasteiger charge is -2.35. The first-order chi connectivity index (χ1) is 9.71. The molecule has 120 valence electrons. The van der Waals surface area contributed by atoms with Crippen LogP contribution in [0, 0.1) is 18.3 Å². The van der Waals surface area contributed by atoms with Crippen molar-refractivity contribution < 1.29 is 5.11 Å². The van der Waals surface area contributed by atoms with Crippen molar-refractivity contribution in [3.8, 4) is 0 Å². The number of hydrogen-bond donors (Lipinski definition) is 1. The maximum Gasteiger partial charge on any atom is 0.0812 e. The molecule has 2 heteroatoms. The molecule has 0 aliphatic heterocycles. The van der Waals surface area contributed by atoms with Gasteiger partial charge in [-0.2, -0.15) is 0 Å². The lowest BCUT2D eigenvalue weighted by atomic mass is 9.75. The first-order valence-electron chi connectivity index (χ1n) is 8.60. The Morgan fingerprint density at radius 2 is 1.95 bits per heavy atom. The molecule has 21 heavy (non-hydrogen) atoms. The van der Waals surface area contributed by atoms with E-state index in [2.05, 4.69) is 52.2 Å². The van der Waals surface area contributed by atoms with Crippen LogP contribution in [0.5, 0.6) is 0 Å². The summed E-state index contributed by atoms with van der Waals surface area (Å²) in [6.45, 7) is 13.7. The van der Waals surface area contributed by atoms with Crippen molar-refractivity contribution in [2.24, 2.45) is 11.3 Å². The van der Waals surface area contributed by atoms with E-state index in [1.807, 2.05) is 0 Å². The highest BCUT2D eigenvalue weighted by atomic mass is 16.3. The quantitative estimate of drug-likeness (QED) is 0.793. The predicted molar refractivity (Wildman–Crippen MR) is 89.6 cm³/mol. The molecular formula is C19H33NO. The Kier molecular flexibility index (Phi) is 4.87. The Morgan fingerprint density at radius 1 is 1.29 bits per heavy atom. The van der Waals surface area contributed by atoms with Gasteiger partial charge in [0.05, 0.1) is 6.10 Å². The fourth-order valence-corrected chi connectivity index (χ4v) is 3.93. The van der Waals surface area contributed by atoms with Gasteiger partial charge in [0.25, 0.3) is 0 Å². The molecule has 2 rings (SSSR count). The van der Waals surface area contributed by atoms with Gasteiger partial charge in [0.1, 0.15) is 0 Å². The maximum atomic E-state index is 10.5. The standard InChI is InChI=1S/C19H33NO/c1-13(2)8-7-9-14(3)20-15(4)10-16-17(20)11-19(5,6)12-18(16)21/h10,13-14,18,21H,7-9,11-12H2,1-6H3. The second kappa shape index (κ2) is 6.16. The molecule has 0 fully saturated rings. The smallest absolute Gasteiger partial charge is 0.0812 e. The minimum Gasteiger partial charge on any atom is -0.388 e. The van der Waals surface area contributed by atoms with Gasteiger partial charge in [0.15, 0.2) is 0 Å². The SMILES string of the molecule is Cc1cc2c(n1C(C)CCCC(C)C)CC(C)(C)CC2O. The summed E-state index contributed by atoms with van der Waals surface area (Å²) in [5.74, 6) is 0.789. The summed E-state index contributed by atoms with van der Waals surface area (Å²) in [5.41, 5.74) is 4.08. The molecule has 2 unspecified atom stereocenters. The Labute approximate surface area is 130 Å². The van der Waals surface area contributed by atoms with Crippen molar-refractivity contribution in [1.82, 2.24) is 4.57 Å². The Morgan fingerprint density at radius 3 is 2.57 bits per heavy atom. The molecule has 0 spiro atoms. The largest absolute Gasteiger partial charge is 0.388 e. The zero-order valence-corrected chi connectivity index (χ0v) is 14.7. The number of aryl methyl sites for hydroxylation is 1. The van der Waals surface area contributed by atoms with Crippen molar-refractivity contribution in [1.29, 1.82) is 0 Å². The normalized spacial score (nSPS) is 22.4. The Bertz CT molecular complexity index is 484. The minimum atomic E-state index is -0.286. The molecule has 0 radical (unpaired) electrons. The summed E-state index contributed by atoms with van der Waals surface area (Å²) in [7, 11) is 0. The maximum absolute atomic E-state index is 10.5. The van der Waals surface area contributed by atoms with E-state index >= 15 is 0 Å². The number of aliphatic hydroxyl groups is 1. The van der Waals surface area contributed by atoms with Crippen molar-refractivity contribution >= 4 is 0 Å². The topological polar surface area (TPSA) is 25.2 Å². The molecule has 0 saturated carbocycles. The Balaban J connectivity index is 2.21. The number of rotatable bonds is 5. The molecule has 1 aromatic rings. The monoisotopic (exact) mass is 291 g/mol. The van der Waals surface area contributed by atoms with Crippen LogP contribution in [0.1, 0.15) is 89.4 Å². The van der Waals surface area contributed by atoms with Crippen LogP contribution in [-0.4, -0.2) is 9.67 Å². The van der Waals surface area contributed by atoms with E-state index in [0.29, 0.717) is 6.04 Å². The van der Waals surface area contributed by atoms with Crippen LogP contribution >= 0.6 is 0 Å². The molecule has 0 saturated heterocycles. The summed E-state index contributed by atoms with van der Waals surface area (Å²) in [6.07, 6.45) is 5.51. The van der Waals surface area contributed by atoms with Crippen LogP contribution in [-0.2, 0) is 6.42 Å². The number of hydrogen-bond acceptors (Lipinski definition) is 1. The van der Waals surface area contributed by atoms with Crippen molar-refractivity contribution in [3.63, 3.8) is 0 Å². The minimum absolute atomic E-state index is 0.201. The highest BCUT2D eigenvalue weighted by Crippen LogP contribution is 2.43. The molecule has 1 aromatic heterocycles. The lowest BCUT2D eigenvalue weighted by Crippen LogP contribution is -2.27. The van der Waals surface area contributed by atoms with Gasteiger partial charge < -0.3 is 9.67 Å². The molecule has 1 aliphatic rings. The van der Waals surface area contributed by atoms with E-state index in [1.165, 1.54) is 36.2 Å². The zero-order valence-electron chi connectivity index (χ0n) is 14.7. The van der Waals surface area contributed by atoms with Gasteiger partial charge in [-0.25, -0.2) is 0 Å². The molecule has 0 aromatic carbocycles. The van der Waals surface area contributed by atoms with Gasteiger partial charge >= 0.3 is 0 Å². The van der Waals surface area contributed by atoms with Gasteiger partial charge in [-0.1, -0.05) is 40.5 Å². The summed E-state index contributed by atoms with van der Waals surface area (Å²) in [4.78, 5) is 0. The number of aromatic nitrogens is 1. The van der Waals surface area contributed by atoms with Gasteiger partial charge in [-0.15, -0.1) is 0 Å². The van der Waals surface area contributed by atoms with Crippen LogP contribution in [0.3, 0.4) is 0 Å². The fourth-order valence-electron chi connectivity index (χ4n) is 3.93. The lowest BCUT2D eigenvalue weighted by molar-refractivity contribution is 0.0974. The molecule has 1 heterocycles. The van der Waals surface area contributed by atoms with Gasteiger partial charge in [-0.05, 0) is 50.5 Å². The number of aliphatic hydroxyl groups excluding tert-OH is 1. The molecule has 2 nitrogen and oxygen atoms in total. The summed E-state index contributed by atoms with van der Waals surface area (Å²) < 4.78 is 2.50. The third-order valence-electron chi connectivity index (χ3n) is 4.96. The first-order valence-corrected chi connectivity index (χ1v) is 8.60. The van der Waals surface area contributed by atoms with Gasteiger partial charge in [0.2, 0.25) is 0 Å². The van der Waals surface area contributed by atoms with Gasteiger partial charge in [0, 0.05) is 23.0 Å². The summed E-state index contributed by atoms with van der Waals surface area (Å²) in [6, 6.07) is 2.75. The number of nitrogens with zero attached hydrogens (tertiary/aromatic N) is 1. The molecule has 0 bridgehead atoms. The van der Waals surface area contributed by atoms with E-state index in [9.17, 15) is 5.11 Å². The Hall–Kier alpha value is -0.760. The van der Waals surface area contributed by atoms with Crippen LogP contribution in [0.15, 0.2) is 6.07 Å². The molecule has 1 N–H and O–H groups in total. The van der Waals surface area contributed by atoms with Gasteiger partial charge in [-0.3, -0.25) is 0 Å². The van der Waals surface area contributed by atoms with Crippen LogP contribution in [0.4, 0.5) is 0 Å². The van der Waals surface area contributed by atoms with Crippen LogP contribution in [0.2, 0.25) is 0 Å². The van der Waals surface area contributed by atoms with Crippen LogP contribution in [0.25, 0.3) is 0 Å². The first kappa shape index (κ1) is 16.6. The molecule has 2 atom stereocenters. The number of fused-ring (bicyclic) bond motifs is 1. The van der Waals surface area contributed by atoms with Crippen LogP contribution < -0.4 is 0 Å². The molecule has 1 aliphatic carbocycles. The average Bonchev–Trinajstić information content (AvgIpc) is 2.63. The third kappa shape index (κ3) is 3.71. The van der Waals surface area contributed by atoms with E-state index in [-0.39, 0.29) is 11.5 Å². The van der Waals surface area contributed by atoms with E-state index < -0.39 is 0 Å². The van der Waals surface area contributed by atoms with E-state index in [1.54, 1.807) is 0 Å². The summed E-state index contributed by atoms with van der Waals surface area (Å²) >= 11 is 0. The van der Waals surface area contributed by atoms with E-state index in [0.717, 1.165) is 18.8 Å². The second-order valence-corrected chi connectivity index (χ2v) is 8.29. The van der Waals surface area contributed by atoms with Crippen molar-refractivity contribution in [2.75, 3.05) is 0 Å². The van der Waals surface area contributed by atoms with E-state index in [4.69, 9.17) is 0 Å². The molecule has 0 amide bonds. The highest BCUT2D eigenvalue weighted by Gasteiger charge is 2.34. The van der Waals surface area contributed by atoms with Crippen molar-refractivity contribution in [2.45, 2.75) is 85.8 Å². The zero-order chi connectivity index (χ0) is 15.8. The molecular weight excluding hydrogens is 258 g/mol. The van der Waals surface area contributed by atoms with Crippen molar-refractivity contribution in [3.05, 3.63) is 23.0 Å². The summed E-state index contributed by atoms with van der Waals surface area (Å²) in [5, 5.41) is 10.5. The average molecular weight is 291 g/mol. The highest BCUT2D eigenvalue weighted by molar-refractivity contribution is 5.33. The third-order valence-corrected chi connectivity index (χ3v) is 4.96. The predicted octanol–water partition coefficient (Wildman–Crippen LogP) is 5.19.